The van der Waals surface area contributed by atoms with E-state index < -0.39 is 25.1 Å². The van der Waals surface area contributed by atoms with E-state index in [-0.39, 0.29) is 18.1 Å². The van der Waals surface area contributed by atoms with E-state index in [1.54, 1.807) is 11.1 Å². The van der Waals surface area contributed by atoms with Crippen LogP contribution in [0.15, 0.2) is 42.6 Å². The van der Waals surface area contributed by atoms with Crippen LogP contribution in [0.3, 0.4) is 0 Å². The first-order valence-electron chi connectivity index (χ1n) is 13.7. The Bertz CT molecular complexity index is 1270. The Kier molecular flexibility index (Phi) is 6.64. The molecule has 38 heavy (non-hydrogen) atoms. The number of aliphatic hydroxyl groups is 1. The first-order valence-corrected chi connectivity index (χ1v) is 13.7. The zero-order valence-corrected chi connectivity index (χ0v) is 21.8. The monoisotopic (exact) mass is 527 g/mol. The van der Waals surface area contributed by atoms with Crippen molar-refractivity contribution in [3.63, 3.8) is 0 Å². The number of nitrogens with one attached hydrogen (secondary N) is 2. The summed E-state index contributed by atoms with van der Waals surface area (Å²) in [5, 5.41) is 14.1. The van der Waals surface area contributed by atoms with Crippen LogP contribution >= 0.6 is 0 Å². The molecule has 0 amide bonds. The molecule has 3 atom stereocenters. The topological polar surface area (TPSA) is 67.4 Å². The van der Waals surface area contributed by atoms with Gasteiger partial charge in [0.25, 0.3) is 5.92 Å². The van der Waals surface area contributed by atoms with Gasteiger partial charge < -0.3 is 20.3 Å². The third-order valence-corrected chi connectivity index (χ3v) is 8.79. The molecule has 204 valence electrons. The number of hydrogen-bond donors (Lipinski definition) is 3. The number of para-hydroxylation sites is 1. The number of alkyl halides is 3. The third kappa shape index (κ3) is 4.69. The quantitative estimate of drug-likeness (QED) is 0.374. The summed E-state index contributed by atoms with van der Waals surface area (Å²) in [7, 11) is 0. The lowest BCUT2D eigenvalue weighted by Crippen LogP contribution is -2.49. The Hall–Kier alpha value is -2.62. The second-order valence-corrected chi connectivity index (χ2v) is 11.5. The Labute approximate surface area is 221 Å². The van der Waals surface area contributed by atoms with Gasteiger partial charge in [-0.3, -0.25) is 14.3 Å². The van der Waals surface area contributed by atoms with E-state index in [1.165, 1.54) is 12.8 Å². The number of fused-ring (bicyclic) bond motifs is 3. The van der Waals surface area contributed by atoms with E-state index in [0.717, 1.165) is 47.5 Å². The average molecular weight is 528 g/mol. The minimum Gasteiger partial charge on any atom is -0.390 e. The van der Waals surface area contributed by atoms with Crippen molar-refractivity contribution in [3.8, 4) is 0 Å². The van der Waals surface area contributed by atoms with E-state index in [2.05, 4.69) is 21.3 Å². The summed E-state index contributed by atoms with van der Waals surface area (Å²) in [4.78, 5) is 12.4. The minimum atomic E-state index is -3.22. The number of rotatable bonds is 9. The van der Waals surface area contributed by atoms with E-state index in [0.29, 0.717) is 24.6 Å². The molecule has 2 fully saturated rings. The molecular formula is C29H36F3N5O. The van der Waals surface area contributed by atoms with Crippen molar-refractivity contribution in [3.05, 3.63) is 59.5 Å². The summed E-state index contributed by atoms with van der Waals surface area (Å²) in [5.74, 6) is -3.22. The smallest absolute Gasteiger partial charge is 0.283 e. The maximum Gasteiger partial charge on any atom is 0.283 e. The van der Waals surface area contributed by atoms with Gasteiger partial charge in [-0.15, -0.1) is 0 Å². The molecule has 3 N–H and O–H groups in total. The largest absolute Gasteiger partial charge is 0.390 e. The number of anilines is 1. The number of hydrogen-bond acceptors (Lipinski definition) is 5. The normalized spacial score (nSPS) is 25.2. The van der Waals surface area contributed by atoms with Crippen LogP contribution in [0.1, 0.15) is 49.2 Å². The fourth-order valence-corrected chi connectivity index (χ4v) is 6.63. The van der Waals surface area contributed by atoms with Crippen LogP contribution < -0.4 is 5.32 Å². The van der Waals surface area contributed by atoms with E-state index >= 15 is 0 Å². The zero-order valence-electron chi connectivity index (χ0n) is 21.8. The number of aromatic amines is 1. The van der Waals surface area contributed by atoms with Gasteiger partial charge in [0.1, 0.15) is 6.61 Å². The van der Waals surface area contributed by atoms with Crippen molar-refractivity contribution in [2.45, 2.75) is 56.7 Å². The molecule has 6 rings (SSSR count). The number of likely N-dealkylation sites (tertiary alicyclic amines) is 1. The maximum absolute atomic E-state index is 14.5. The molecule has 0 unspecified atom stereocenters. The summed E-state index contributed by atoms with van der Waals surface area (Å²) in [6, 6.07) is 11.6. The lowest BCUT2D eigenvalue weighted by Gasteiger charge is -2.41. The second-order valence-electron chi connectivity index (χ2n) is 11.5. The van der Waals surface area contributed by atoms with Crippen LogP contribution in [-0.2, 0) is 6.42 Å². The van der Waals surface area contributed by atoms with E-state index in [4.69, 9.17) is 4.98 Å². The molecule has 1 aliphatic carbocycles. The third-order valence-electron chi connectivity index (χ3n) is 8.79. The Morgan fingerprint density at radius 3 is 2.74 bits per heavy atom. The van der Waals surface area contributed by atoms with E-state index in [1.807, 2.05) is 37.3 Å². The van der Waals surface area contributed by atoms with Crippen LogP contribution in [0.4, 0.5) is 18.9 Å². The number of halogens is 3. The van der Waals surface area contributed by atoms with Crippen molar-refractivity contribution in [2.75, 3.05) is 44.8 Å². The van der Waals surface area contributed by atoms with Gasteiger partial charge in [-0.25, -0.2) is 8.78 Å². The number of pyridine rings is 1. The van der Waals surface area contributed by atoms with Gasteiger partial charge in [0.2, 0.25) is 0 Å². The zero-order chi connectivity index (χ0) is 26.5. The first kappa shape index (κ1) is 25.6. The van der Waals surface area contributed by atoms with Crippen LogP contribution in [0.5, 0.6) is 0 Å². The van der Waals surface area contributed by atoms with Gasteiger partial charge in [0, 0.05) is 53.7 Å². The van der Waals surface area contributed by atoms with Crippen LogP contribution in [0.25, 0.3) is 10.9 Å². The van der Waals surface area contributed by atoms with Gasteiger partial charge in [-0.2, -0.15) is 0 Å². The molecule has 1 saturated heterocycles. The standard InChI is InChI=1S/C29H36F3N5O/c1-19-13-22-21-5-2-3-6-23(21)35-26(22)27(37(19)17-29(31,32)18-38)24-8-7-20(14-33-24)34-25-15-36(12-4-11-30)16-28(25)9-10-28/h2-3,5-8,14,19,25,27,34-35,38H,4,9-13,15-18H2,1H3/t19-,25-,27-/m1/s1. The van der Waals surface area contributed by atoms with Crippen molar-refractivity contribution in [2.24, 2.45) is 5.41 Å². The first-order chi connectivity index (χ1) is 18.3. The molecule has 0 radical (unpaired) electrons. The molecule has 4 heterocycles. The molecule has 1 spiro atoms. The number of aromatic nitrogens is 2. The van der Waals surface area contributed by atoms with Gasteiger partial charge in [-0.1, -0.05) is 18.2 Å². The molecule has 3 aliphatic rings. The predicted molar refractivity (Wildman–Crippen MR) is 142 cm³/mol. The average Bonchev–Trinajstić information content (AvgIpc) is 3.49. The van der Waals surface area contributed by atoms with Gasteiger partial charge in [-0.05, 0) is 56.4 Å². The van der Waals surface area contributed by atoms with Crippen LogP contribution in [-0.4, -0.2) is 82.3 Å². The van der Waals surface area contributed by atoms with Crippen molar-refractivity contribution < 1.29 is 18.3 Å². The highest BCUT2D eigenvalue weighted by atomic mass is 19.3. The summed E-state index contributed by atoms with van der Waals surface area (Å²) in [6.07, 6.45) is 5.37. The molecule has 2 aliphatic heterocycles. The summed E-state index contributed by atoms with van der Waals surface area (Å²) >= 11 is 0. The highest BCUT2D eigenvalue weighted by Crippen LogP contribution is 2.53. The highest BCUT2D eigenvalue weighted by molar-refractivity contribution is 5.85. The van der Waals surface area contributed by atoms with Crippen LogP contribution in [0.2, 0.25) is 0 Å². The fraction of sp³-hybridized carbons (Fsp3) is 0.552. The number of H-pyrrole nitrogens is 1. The molecule has 1 aromatic carbocycles. The molecule has 3 aromatic rings. The van der Waals surface area contributed by atoms with Gasteiger partial charge in [0.05, 0.1) is 36.8 Å². The Morgan fingerprint density at radius 1 is 1.21 bits per heavy atom. The molecule has 2 aromatic heterocycles. The summed E-state index contributed by atoms with van der Waals surface area (Å²) < 4.78 is 41.7. The Balaban J connectivity index is 1.29. The second kappa shape index (κ2) is 9.84. The fourth-order valence-electron chi connectivity index (χ4n) is 6.63. The summed E-state index contributed by atoms with van der Waals surface area (Å²) in [5.41, 5.74) is 4.88. The SMILES string of the molecule is C[C@@H]1Cc2c([nH]c3ccccc23)[C@@H](c2ccc(N[C@@H]3CN(CCCF)CC34CC4)cn2)N1CC(F)(F)CO. The van der Waals surface area contributed by atoms with Crippen molar-refractivity contribution in [1.82, 2.24) is 19.8 Å². The lowest BCUT2D eigenvalue weighted by atomic mass is 9.90. The molecule has 6 nitrogen and oxygen atoms in total. The molecular weight excluding hydrogens is 491 g/mol. The van der Waals surface area contributed by atoms with Gasteiger partial charge in [0.15, 0.2) is 0 Å². The lowest BCUT2D eigenvalue weighted by molar-refractivity contribution is -0.0867. The van der Waals surface area contributed by atoms with Gasteiger partial charge >= 0.3 is 0 Å². The van der Waals surface area contributed by atoms with E-state index in [9.17, 15) is 18.3 Å². The van der Waals surface area contributed by atoms with Crippen LogP contribution in [0, 0.1) is 5.41 Å². The maximum atomic E-state index is 14.5. The minimum absolute atomic E-state index is 0.160. The number of benzene rings is 1. The van der Waals surface area contributed by atoms with Crippen molar-refractivity contribution >= 4 is 16.6 Å². The highest BCUT2D eigenvalue weighted by Gasteiger charge is 2.54. The Morgan fingerprint density at radius 2 is 2.03 bits per heavy atom. The predicted octanol–water partition coefficient (Wildman–Crippen LogP) is 4.76. The molecule has 9 heteroatoms. The number of aliphatic hydroxyl groups excluding tert-OH is 1. The number of nitrogens with zero attached hydrogens (tertiary/aromatic N) is 3. The molecule has 0 bridgehead atoms. The molecule has 1 saturated carbocycles. The summed E-state index contributed by atoms with van der Waals surface area (Å²) in [6.45, 7) is 2.62. The van der Waals surface area contributed by atoms with Crippen molar-refractivity contribution in [1.29, 1.82) is 0 Å².